The van der Waals surface area contributed by atoms with Crippen LogP contribution in [0.25, 0.3) is 0 Å². The van der Waals surface area contributed by atoms with Gasteiger partial charge in [0, 0.05) is 23.4 Å². The van der Waals surface area contributed by atoms with E-state index in [1.54, 1.807) is 0 Å². The summed E-state index contributed by atoms with van der Waals surface area (Å²) in [6.45, 7) is 1.34. The molecule has 0 aromatic heterocycles. The van der Waals surface area contributed by atoms with Gasteiger partial charge in [-0.05, 0) is 56.2 Å². The summed E-state index contributed by atoms with van der Waals surface area (Å²) in [5, 5.41) is 31.9. The number of anilines is 1. The second-order valence-electron chi connectivity index (χ2n) is 9.19. The summed E-state index contributed by atoms with van der Waals surface area (Å²) >= 11 is 6.15. The predicted molar refractivity (Wildman–Crippen MR) is 120 cm³/mol. The first-order chi connectivity index (χ1) is 16.3. The normalized spacial score (nSPS) is 27.6. The summed E-state index contributed by atoms with van der Waals surface area (Å²) in [6.07, 6.45) is -2.04. The number of aliphatic hydroxyl groups is 3. The van der Waals surface area contributed by atoms with Gasteiger partial charge >= 0.3 is 0 Å². The molecule has 3 saturated carbocycles. The van der Waals surface area contributed by atoms with Gasteiger partial charge in [-0.25, -0.2) is 21.6 Å². The zero-order chi connectivity index (χ0) is 25.9. The summed E-state index contributed by atoms with van der Waals surface area (Å²) in [4.78, 5) is 12.3. The average Bonchev–Trinajstić information content (AvgIpc) is 2.81. The number of carbonyl (C=O) groups is 1. The van der Waals surface area contributed by atoms with E-state index in [0.29, 0.717) is 18.6 Å². The van der Waals surface area contributed by atoms with Crippen molar-refractivity contribution in [2.75, 3.05) is 5.32 Å². The minimum atomic E-state index is -4.08. The molecule has 3 fully saturated rings. The number of hydrogen-bond donors (Lipinski definition) is 4. The van der Waals surface area contributed by atoms with Gasteiger partial charge in [0.2, 0.25) is 0 Å². The summed E-state index contributed by atoms with van der Waals surface area (Å²) < 4.78 is 66.8. The van der Waals surface area contributed by atoms with Gasteiger partial charge in [-0.15, -0.1) is 0 Å². The first kappa shape index (κ1) is 25.9. The number of nitrogens with one attached hydrogen (secondary N) is 1. The molecule has 4 atom stereocenters. The van der Waals surface area contributed by atoms with E-state index in [2.05, 4.69) is 5.32 Å². The van der Waals surface area contributed by atoms with E-state index in [-0.39, 0.29) is 34.0 Å². The van der Waals surface area contributed by atoms with Crippen molar-refractivity contribution in [3.63, 3.8) is 0 Å². The fourth-order valence-corrected chi connectivity index (χ4v) is 7.59. The highest BCUT2D eigenvalue weighted by atomic mass is 35.5. The summed E-state index contributed by atoms with van der Waals surface area (Å²) in [5.41, 5.74) is -2.11. The van der Waals surface area contributed by atoms with Gasteiger partial charge in [0.05, 0.1) is 26.9 Å². The van der Waals surface area contributed by atoms with Crippen molar-refractivity contribution in [3.05, 3.63) is 58.4 Å². The van der Waals surface area contributed by atoms with E-state index in [0.717, 1.165) is 6.07 Å². The number of fused-ring (bicyclic) bond motifs is 2. The molecule has 5 rings (SSSR count). The maximum absolute atomic E-state index is 13.4. The van der Waals surface area contributed by atoms with Crippen molar-refractivity contribution in [1.82, 2.24) is 0 Å². The number of sulfone groups is 1. The Morgan fingerprint density at radius 1 is 1.09 bits per heavy atom. The van der Waals surface area contributed by atoms with Crippen LogP contribution in [0.1, 0.15) is 36.5 Å². The molecular formula is C23H23ClF3NO6S. The Morgan fingerprint density at radius 3 is 2.20 bits per heavy atom. The summed E-state index contributed by atoms with van der Waals surface area (Å²) in [6, 6.07) is 4.64. The maximum Gasteiger partial charge on any atom is 0.255 e. The predicted octanol–water partition coefficient (Wildman–Crippen LogP) is 3.05. The van der Waals surface area contributed by atoms with Crippen LogP contribution in [0, 0.1) is 29.3 Å². The van der Waals surface area contributed by atoms with E-state index in [1.165, 1.54) is 19.1 Å². The number of amides is 1. The largest absolute Gasteiger partial charge is 0.391 e. The van der Waals surface area contributed by atoms with E-state index >= 15 is 0 Å². The molecule has 1 amide bonds. The topological polar surface area (TPSA) is 124 Å². The third-order valence-electron chi connectivity index (χ3n) is 7.08. The number of hydrogen-bond acceptors (Lipinski definition) is 6. The van der Waals surface area contributed by atoms with Crippen LogP contribution in [0.15, 0.2) is 35.2 Å². The maximum atomic E-state index is 13.4. The van der Waals surface area contributed by atoms with Crippen LogP contribution in [0.4, 0.5) is 18.9 Å². The molecule has 3 aliphatic carbocycles. The van der Waals surface area contributed by atoms with Crippen LogP contribution in [0.3, 0.4) is 0 Å². The first-order valence-corrected chi connectivity index (χ1v) is 12.8. The van der Waals surface area contributed by atoms with Crippen LogP contribution in [-0.2, 0) is 9.84 Å². The number of benzene rings is 2. The highest BCUT2D eigenvalue weighted by Crippen LogP contribution is 2.57. The van der Waals surface area contributed by atoms with Crippen LogP contribution in [0.5, 0.6) is 0 Å². The van der Waals surface area contributed by atoms with Crippen molar-refractivity contribution in [1.29, 1.82) is 0 Å². The minimum Gasteiger partial charge on any atom is -0.391 e. The molecule has 3 aliphatic rings. The first-order valence-electron chi connectivity index (χ1n) is 10.8. The minimum absolute atomic E-state index is 0.0278. The molecule has 0 spiro atoms. The van der Waals surface area contributed by atoms with Crippen molar-refractivity contribution in [2.45, 2.75) is 54.1 Å². The third-order valence-corrected chi connectivity index (χ3v) is 9.74. The fourth-order valence-electron chi connectivity index (χ4n) is 5.19. The summed E-state index contributed by atoms with van der Waals surface area (Å²) in [5.74, 6) is -6.68. The van der Waals surface area contributed by atoms with E-state index in [4.69, 9.17) is 11.6 Å². The lowest BCUT2D eigenvalue weighted by Gasteiger charge is -2.60. The lowest BCUT2D eigenvalue weighted by molar-refractivity contribution is -0.249. The van der Waals surface area contributed by atoms with Gasteiger partial charge in [-0.2, -0.15) is 0 Å². The molecule has 12 heteroatoms. The second kappa shape index (κ2) is 9.04. The van der Waals surface area contributed by atoms with Crippen molar-refractivity contribution in [3.8, 4) is 0 Å². The quantitative estimate of drug-likeness (QED) is 0.423. The number of carbonyl (C=O) groups excluding carboxylic acids is 1. The lowest BCUT2D eigenvalue weighted by Crippen LogP contribution is -2.69. The molecule has 2 aromatic carbocycles. The van der Waals surface area contributed by atoms with Gasteiger partial charge < -0.3 is 20.6 Å². The molecule has 35 heavy (non-hydrogen) atoms. The zero-order valence-electron chi connectivity index (χ0n) is 18.4. The summed E-state index contributed by atoms with van der Waals surface area (Å²) in [7, 11) is -4.08. The molecule has 0 saturated heterocycles. The highest BCUT2D eigenvalue weighted by molar-refractivity contribution is 7.92. The standard InChI is InChI=1S/C23H23ClF3NO6S/c1-10(29)21(30)23(32)12-5-13(23)7-15(6-12)35(33,34)19-4-11(2-3-16(19)24)22(31)28-14-8-17(25)20(27)18(26)9-14/h2-4,8-10,12-13,15,21,29-30,32H,5-7H2,1H3,(H,28,31)/t10-,12?,13?,15?,21+,23?/m1/s1. The highest BCUT2D eigenvalue weighted by Gasteiger charge is 2.63. The molecule has 4 N–H and O–H groups in total. The Balaban J connectivity index is 1.57. The Kier molecular flexibility index (Phi) is 6.69. The molecule has 2 aromatic rings. The number of aliphatic hydroxyl groups excluding tert-OH is 2. The van der Waals surface area contributed by atoms with Crippen molar-refractivity contribution >= 4 is 33.0 Å². The average molecular weight is 534 g/mol. The van der Waals surface area contributed by atoms with Crippen LogP contribution >= 0.6 is 11.6 Å². The molecule has 2 unspecified atom stereocenters. The van der Waals surface area contributed by atoms with Crippen LogP contribution < -0.4 is 5.32 Å². The van der Waals surface area contributed by atoms with Gasteiger partial charge in [0.25, 0.3) is 5.91 Å². The van der Waals surface area contributed by atoms with Gasteiger partial charge in [0.1, 0.15) is 6.10 Å². The van der Waals surface area contributed by atoms with Crippen molar-refractivity contribution < 1.29 is 41.7 Å². The molecule has 0 aliphatic heterocycles. The molecular weight excluding hydrogens is 511 g/mol. The van der Waals surface area contributed by atoms with E-state index < -0.39 is 68.1 Å². The fraction of sp³-hybridized carbons (Fsp3) is 0.435. The van der Waals surface area contributed by atoms with E-state index in [9.17, 15) is 41.7 Å². The Hall–Kier alpha value is -2.18. The van der Waals surface area contributed by atoms with Crippen molar-refractivity contribution in [2.24, 2.45) is 11.8 Å². The zero-order valence-corrected chi connectivity index (χ0v) is 20.0. The monoisotopic (exact) mass is 533 g/mol. The van der Waals surface area contributed by atoms with Gasteiger partial charge in [-0.3, -0.25) is 4.79 Å². The molecule has 2 bridgehead atoms. The molecule has 0 heterocycles. The number of halogens is 4. The Morgan fingerprint density at radius 2 is 1.66 bits per heavy atom. The Bertz CT molecular complexity index is 1250. The number of rotatable bonds is 6. The van der Waals surface area contributed by atoms with Crippen LogP contribution in [-0.4, -0.2) is 52.7 Å². The lowest BCUT2D eigenvalue weighted by atomic mass is 9.51. The smallest absolute Gasteiger partial charge is 0.255 e. The molecule has 7 nitrogen and oxygen atoms in total. The van der Waals surface area contributed by atoms with E-state index in [1.807, 2.05) is 0 Å². The Labute approximate surface area is 204 Å². The molecule has 0 radical (unpaired) electrons. The SMILES string of the molecule is C[C@@H](O)[C@H](O)C1(O)C2CC1CC(S(=O)(=O)c1cc(C(=O)Nc3cc(F)c(F)c(F)c3)ccc1Cl)C2. The van der Waals surface area contributed by atoms with Crippen LogP contribution in [0.2, 0.25) is 5.02 Å². The molecule has 190 valence electrons. The van der Waals surface area contributed by atoms with Gasteiger partial charge in [-0.1, -0.05) is 11.6 Å². The second-order valence-corrected chi connectivity index (χ2v) is 11.8. The third kappa shape index (κ3) is 4.33. The van der Waals surface area contributed by atoms with Gasteiger partial charge in [0.15, 0.2) is 27.3 Å².